The SMILES string of the molecule is CCC[C@@]12CCN(C)C(Cc3ccc(O)cc31)[C@H]2N(C)C(=O)Nc1ccc(C#N)cc1. The molecule has 1 aliphatic heterocycles. The van der Waals surface area contributed by atoms with Crippen LogP contribution >= 0.6 is 0 Å². The summed E-state index contributed by atoms with van der Waals surface area (Å²) in [5, 5.41) is 22.3. The number of aromatic hydroxyl groups is 1. The van der Waals surface area contributed by atoms with E-state index >= 15 is 0 Å². The number of urea groups is 1. The number of likely N-dealkylation sites (tertiary alicyclic amines) is 1. The zero-order valence-corrected chi connectivity index (χ0v) is 18.4. The lowest BCUT2D eigenvalue weighted by molar-refractivity contribution is 0.00873. The predicted octanol–water partition coefficient (Wildman–Crippen LogP) is 4.09. The van der Waals surface area contributed by atoms with Crippen LogP contribution in [0.4, 0.5) is 10.5 Å². The monoisotopic (exact) mass is 418 g/mol. The molecule has 0 radical (unpaired) electrons. The molecule has 1 saturated heterocycles. The Morgan fingerprint density at radius 3 is 2.74 bits per heavy atom. The molecule has 2 aliphatic rings. The van der Waals surface area contributed by atoms with Crippen LogP contribution < -0.4 is 5.32 Å². The lowest BCUT2D eigenvalue weighted by Crippen LogP contribution is -2.68. The molecule has 3 atom stereocenters. The summed E-state index contributed by atoms with van der Waals surface area (Å²) in [6.45, 7) is 3.16. The van der Waals surface area contributed by atoms with Crippen LogP contribution in [0.2, 0.25) is 0 Å². The van der Waals surface area contributed by atoms with Gasteiger partial charge in [-0.25, -0.2) is 4.79 Å². The van der Waals surface area contributed by atoms with E-state index in [-0.39, 0.29) is 29.3 Å². The lowest BCUT2D eigenvalue weighted by Gasteiger charge is -2.58. The molecule has 0 aromatic heterocycles. The number of hydrogen-bond donors (Lipinski definition) is 2. The van der Waals surface area contributed by atoms with E-state index in [0.717, 1.165) is 32.2 Å². The molecule has 1 heterocycles. The van der Waals surface area contributed by atoms with Crippen LogP contribution in [0.5, 0.6) is 5.75 Å². The molecule has 2 bridgehead atoms. The third-order valence-electron chi connectivity index (χ3n) is 7.17. The summed E-state index contributed by atoms with van der Waals surface area (Å²) in [5.41, 5.74) is 3.53. The number of carbonyl (C=O) groups is 1. The van der Waals surface area contributed by atoms with Crippen LogP contribution in [0.15, 0.2) is 42.5 Å². The number of rotatable bonds is 4. The Morgan fingerprint density at radius 2 is 2.06 bits per heavy atom. The van der Waals surface area contributed by atoms with Crippen molar-refractivity contribution in [3.8, 4) is 11.8 Å². The van der Waals surface area contributed by atoms with Gasteiger partial charge in [-0.3, -0.25) is 0 Å². The normalized spacial score (nSPS) is 24.7. The van der Waals surface area contributed by atoms with E-state index in [1.165, 1.54) is 11.1 Å². The summed E-state index contributed by atoms with van der Waals surface area (Å²) < 4.78 is 0. The van der Waals surface area contributed by atoms with Crippen molar-refractivity contribution in [2.45, 2.75) is 50.1 Å². The summed E-state index contributed by atoms with van der Waals surface area (Å²) in [7, 11) is 4.03. The number of anilines is 1. The Kier molecular flexibility index (Phi) is 5.63. The van der Waals surface area contributed by atoms with Gasteiger partial charge >= 0.3 is 6.03 Å². The molecule has 2 amide bonds. The molecule has 162 valence electrons. The Bertz CT molecular complexity index is 1010. The summed E-state index contributed by atoms with van der Waals surface area (Å²) in [4.78, 5) is 17.5. The van der Waals surface area contributed by atoms with Crippen molar-refractivity contribution in [1.82, 2.24) is 9.80 Å². The maximum atomic E-state index is 13.3. The highest BCUT2D eigenvalue weighted by atomic mass is 16.3. The summed E-state index contributed by atoms with van der Waals surface area (Å²) in [6.07, 6.45) is 3.78. The number of phenolic OH excluding ortho intramolecular Hbond substituents is 1. The second kappa shape index (κ2) is 8.24. The van der Waals surface area contributed by atoms with Crippen molar-refractivity contribution in [3.05, 3.63) is 59.2 Å². The van der Waals surface area contributed by atoms with Crippen molar-refractivity contribution in [2.75, 3.05) is 26.0 Å². The highest BCUT2D eigenvalue weighted by Crippen LogP contribution is 2.50. The third kappa shape index (κ3) is 3.64. The van der Waals surface area contributed by atoms with E-state index in [1.54, 1.807) is 30.3 Å². The van der Waals surface area contributed by atoms with E-state index < -0.39 is 0 Å². The summed E-state index contributed by atoms with van der Waals surface area (Å²) in [6, 6.07) is 14.8. The fourth-order valence-corrected chi connectivity index (χ4v) is 5.74. The van der Waals surface area contributed by atoms with Crippen molar-refractivity contribution >= 4 is 11.7 Å². The topological polar surface area (TPSA) is 79.6 Å². The molecule has 6 heteroatoms. The number of phenols is 1. The summed E-state index contributed by atoms with van der Waals surface area (Å²) in [5.74, 6) is 0.287. The van der Waals surface area contributed by atoms with E-state index in [1.807, 2.05) is 24.1 Å². The second-order valence-corrected chi connectivity index (χ2v) is 8.92. The van der Waals surface area contributed by atoms with Crippen LogP contribution in [0.25, 0.3) is 0 Å². The van der Waals surface area contributed by atoms with Gasteiger partial charge in [0.05, 0.1) is 17.7 Å². The van der Waals surface area contributed by atoms with Crippen molar-refractivity contribution in [2.24, 2.45) is 0 Å². The largest absolute Gasteiger partial charge is 0.508 e. The number of amides is 2. The number of carbonyl (C=O) groups excluding carboxylic acids is 1. The molecule has 0 saturated carbocycles. The smallest absolute Gasteiger partial charge is 0.321 e. The van der Waals surface area contributed by atoms with Crippen LogP contribution in [0.3, 0.4) is 0 Å². The van der Waals surface area contributed by atoms with E-state index in [0.29, 0.717) is 11.3 Å². The van der Waals surface area contributed by atoms with Crippen molar-refractivity contribution in [3.63, 3.8) is 0 Å². The molecule has 0 spiro atoms. The van der Waals surface area contributed by atoms with Crippen LogP contribution in [0, 0.1) is 11.3 Å². The van der Waals surface area contributed by atoms with Gasteiger partial charge in [0.1, 0.15) is 5.75 Å². The lowest BCUT2D eigenvalue weighted by atomic mass is 9.58. The number of piperidine rings is 1. The highest BCUT2D eigenvalue weighted by Gasteiger charge is 2.54. The van der Waals surface area contributed by atoms with Crippen molar-refractivity contribution < 1.29 is 9.90 Å². The first kappa shape index (κ1) is 21.2. The molecule has 1 aliphatic carbocycles. The van der Waals surface area contributed by atoms with Gasteiger partial charge in [0.25, 0.3) is 0 Å². The Labute approximate surface area is 184 Å². The van der Waals surface area contributed by atoms with Gasteiger partial charge < -0.3 is 20.2 Å². The van der Waals surface area contributed by atoms with Gasteiger partial charge in [0, 0.05) is 24.2 Å². The van der Waals surface area contributed by atoms with Crippen LogP contribution in [-0.2, 0) is 11.8 Å². The molecule has 1 fully saturated rings. The maximum absolute atomic E-state index is 13.3. The number of hydrogen-bond acceptors (Lipinski definition) is 4. The predicted molar refractivity (Wildman–Crippen MR) is 121 cm³/mol. The zero-order chi connectivity index (χ0) is 22.2. The number of fused-ring (bicyclic) bond motifs is 4. The summed E-state index contributed by atoms with van der Waals surface area (Å²) >= 11 is 0. The average Bonchev–Trinajstić information content (AvgIpc) is 2.77. The van der Waals surface area contributed by atoms with E-state index in [2.05, 4.69) is 30.3 Å². The van der Waals surface area contributed by atoms with Gasteiger partial charge in [-0.1, -0.05) is 19.4 Å². The molecule has 31 heavy (non-hydrogen) atoms. The van der Waals surface area contributed by atoms with Gasteiger partial charge in [-0.15, -0.1) is 0 Å². The minimum absolute atomic E-state index is 0.00104. The molecule has 6 nitrogen and oxygen atoms in total. The van der Waals surface area contributed by atoms with Crippen LogP contribution in [-0.4, -0.2) is 53.7 Å². The standard InChI is InChI=1S/C25H30N4O2/c1-4-11-25-12-13-28(2)22(14-18-7-10-20(30)15-21(18)25)23(25)29(3)24(31)27-19-8-5-17(16-26)6-9-19/h5-10,15,22-23,30H,4,11-14H2,1-3H3,(H,27,31)/t22?,23-,25-/m1/s1. The number of benzene rings is 2. The Balaban J connectivity index is 1.70. The van der Waals surface area contributed by atoms with Crippen LogP contribution in [0.1, 0.15) is 42.9 Å². The van der Waals surface area contributed by atoms with Crippen molar-refractivity contribution in [1.29, 1.82) is 5.26 Å². The average molecular weight is 419 g/mol. The Morgan fingerprint density at radius 1 is 1.32 bits per heavy atom. The van der Waals surface area contributed by atoms with Gasteiger partial charge in [0.15, 0.2) is 0 Å². The first-order valence-electron chi connectivity index (χ1n) is 11.0. The molecular weight excluding hydrogens is 388 g/mol. The van der Waals surface area contributed by atoms with Gasteiger partial charge in [0.2, 0.25) is 0 Å². The molecule has 2 N–H and O–H groups in total. The molecule has 1 unspecified atom stereocenters. The van der Waals surface area contributed by atoms with E-state index in [4.69, 9.17) is 5.26 Å². The zero-order valence-electron chi connectivity index (χ0n) is 18.4. The van der Waals surface area contributed by atoms with E-state index in [9.17, 15) is 9.90 Å². The highest BCUT2D eigenvalue weighted by molar-refractivity contribution is 5.89. The fraction of sp³-hybridized carbons (Fsp3) is 0.440. The van der Waals surface area contributed by atoms with Gasteiger partial charge in [-0.05, 0) is 80.4 Å². The Hall–Kier alpha value is -3.04. The van der Waals surface area contributed by atoms with Gasteiger partial charge in [-0.2, -0.15) is 5.26 Å². The number of nitriles is 1. The number of nitrogens with zero attached hydrogens (tertiary/aromatic N) is 3. The molecule has 4 rings (SSSR count). The molecule has 2 aromatic rings. The minimum Gasteiger partial charge on any atom is -0.508 e. The number of likely N-dealkylation sites (N-methyl/N-ethyl adjacent to an activating group) is 2. The molecular formula is C25H30N4O2. The number of nitrogens with one attached hydrogen (secondary N) is 1. The minimum atomic E-state index is -0.186. The fourth-order valence-electron chi connectivity index (χ4n) is 5.74. The quantitative estimate of drug-likeness (QED) is 0.784. The first-order chi connectivity index (χ1) is 14.9. The third-order valence-corrected chi connectivity index (χ3v) is 7.17. The second-order valence-electron chi connectivity index (χ2n) is 8.92. The molecule has 2 aromatic carbocycles. The maximum Gasteiger partial charge on any atom is 0.321 e. The first-order valence-corrected chi connectivity index (χ1v) is 11.0.